The van der Waals surface area contributed by atoms with Gasteiger partial charge >= 0.3 is 5.97 Å². The number of rotatable bonds is 11. The second kappa shape index (κ2) is 53.3. The van der Waals surface area contributed by atoms with Crippen LogP contribution in [0.2, 0.25) is 35.2 Å². The first-order valence-corrected chi connectivity index (χ1v) is 40.7. The number of hydrogen-bond acceptors (Lipinski definition) is 7. The molecule has 0 atom stereocenters. The van der Waals surface area contributed by atoms with Gasteiger partial charge in [0.05, 0.1) is 50.3 Å². The summed E-state index contributed by atoms with van der Waals surface area (Å²) in [7, 11) is 4.24. The standard InChI is InChI=1S/C14H12Cl2.C14H12F2.C13H16N4O.C8H8Cl2.3C8H9Cl.C8H6N2O2.C8H10.C5H12N2.CH4/c2*1-10(11-2-6-13(15)7-3-11)12-4-8-14(16)9-5-12;1-16-4-6-17(7-5-16)13(18)10-2-3-11-12(8-10)15-9-14-11;1-2-6-3-4-7(9)8(10)5-6;1-2-7-3-5-8(9)6-4-7;1-2-7-4-3-5-8(9)6-7;1-2-7-5-3-4-6-8(7)9;11-8(12)5-1-2-6-7(3-5)10-4-9-6;1-2-8-6-4-3-5-7-8;1-7-4-2-6-3-5-7;/h2*2-10H,1H3;2-3,8-9H,4-7H2,1H3,(H,14,15);3-5H,2H2,1H3;3*3-6H,2H2,1H3;1-4H,(H,9,10)(H,11,12);3-7H,2H2,1H3;6H,2-5H2,1H3;1H4. The molecule has 0 saturated carbocycles. The van der Waals surface area contributed by atoms with Crippen LogP contribution in [-0.4, -0.2) is 118 Å². The number of H-pyrrole nitrogens is 2. The number of carboxylic acid groups (broad SMARTS) is 1. The fraction of sp³-hybridized carbons (Fsp3) is 0.263. The van der Waals surface area contributed by atoms with E-state index in [1.54, 1.807) is 42.7 Å². The Hall–Kier alpha value is -8.93. The average Bonchev–Trinajstić information content (AvgIpc) is 1.77. The number of imidazole rings is 2. The second-order valence-electron chi connectivity index (χ2n) is 26.7. The third-order valence-corrected chi connectivity index (χ3v) is 20.6. The van der Waals surface area contributed by atoms with Gasteiger partial charge in [0.1, 0.15) is 11.6 Å². The zero-order valence-electron chi connectivity index (χ0n) is 66.2. The van der Waals surface area contributed by atoms with Gasteiger partial charge in [-0.1, -0.05) is 264 Å². The molecule has 13 aromatic rings. The summed E-state index contributed by atoms with van der Waals surface area (Å²) < 4.78 is 25.5. The number of aromatic nitrogens is 4. The zero-order valence-corrected chi connectivity index (χ0v) is 71.4. The first kappa shape index (κ1) is 96.7. The van der Waals surface area contributed by atoms with Gasteiger partial charge in [-0.25, -0.2) is 23.5 Å². The molecule has 2 aromatic heterocycles. The number of piperazine rings is 2. The van der Waals surface area contributed by atoms with Crippen molar-refractivity contribution in [2.75, 3.05) is 66.5 Å². The molecule has 2 aliphatic heterocycles. The minimum atomic E-state index is -0.925. The number of nitrogens with one attached hydrogen (secondary N) is 3. The van der Waals surface area contributed by atoms with Gasteiger partial charge in [0.25, 0.3) is 5.91 Å². The number of carboxylic acids is 1. The van der Waals surface area contributed by atoms with Crippen molar-refractivity contribution in [2.24, 2.45) is 0 Å². The lowest BCUT2D eigenvalue weighted by Gasteiger charge is -2.32. The maximum absolute atomic E-state index is 12.8. The van der Waals surface area contributed by atoms with Crippen LogP contribution < -0.4 is 5.32 Å². The van der Waals surface area contributed by atoms with Crippen LogP contribution in [0.25, 0.3) is 22.1 Å². The number of fused-ring (bicyclic) bond motifs is 2. The molecule has 2 fully saturated rings. The number of amides is 1. The Morgan fingerprint density at radius 2 is 0.800 bits per heavy atom. The molecule has 0 unspecified atom stereocenters. The Labute approximate surface area is 715 Å². The molecule has 0 bridgehead atoms. The van der Waals surface area contributed by atoms with Crippen molar-refractivity contribution in [3.63, 3.8) is 0 Å². The molecule has 0 radical (unpaired) electrons. The largest absolute Gasteiger partial charge is 0.478 e. The van der Waals surface area contributed by atoms with Gasteiger partial charge in [0.15, 0.2) is 0 Å². The maximum Gasteiger partial charge on any atom is 0.335 e. The number of aromatic amines is 2. The molecule has 608 valence electrons. The van der Waals surface area contributed by atoms with E-state index in [-0.39, 0.29) is 36.4 Å². The molecule has 4 heterocycles. The summed E-state index contributed by atoms with van der Waals surface area (Å²) in [5, 5.41) is 17.2. The van der Waals surface area contributed by atoms with Crippen LogP contribution in [0.5, 0.6) is 0 Å². The summed E-state index contributed by atoms with van der Waals surface area (Å²) in [6.07, 6.45) is 8.47. The summed E-state index contributed by atoms with van der Waals surface area (Å²) >= 11 is 40.4. The number of aromatic carboxylic acids is 1. The number of hydrogen-bond donors (Lipinski definition) is 4. The number of carbonyl (C=O) groups is 2. The first-order valence-electron chi connectivity index (χ1n) is 38.1. The summed E-state index contributed by atoms with van der Waals surface area (Å²) in [4.78, 5) is 43.4. The smallest absolute Gasteiger partial charge is 0.335 e. The maximum atomic E-state index is 12.8. The predicted octanol–water partition coefficient (Wildman–Crippen LogP) is 26.1. The number of likely N-dealkylation sites (N-methyl/N-ethyl adjacent to an activating group) is 2. The monoisotopic (exact) mass is 1690 g/mol. The molecule has 2 saturated heterocycles. The Balaban J connectivity index is 0.000000231. The second-order valence-corrected chi connectivity index (χ2v) is 29.7. The Morgan fingerprint density at radius 3 is 1.20 bits per heavy atom. The van der Waals surface area contributed by atoms with Crippen molar-refractivity contribution >= 4 is 115 Å². The highest BCUT2D eigenvalue weighted by Gasteiger charge is 2.21. The van der Waals surface area contributed by atoms with E-state index >= 15 is 0 Å². The number of halogens is 9. The number of benzene rings is 11. The Kier molecular flexibility index (Phi) is 44.8. The van der Waals surface area contributed by atoms with Gasteiger partial charge in [-0.05, 0) is 224 Å². The molecule has 0 spiro atoms. The zero-order chi connectivity index (χ0) is 82.7. The van der Waals surface area contributed by atoms with Gasteiger partial charge in [0.2, 0.25) is 0 Å². The molecular weight excluding hydrogens is 1590 g/mol. The van der Waals surface area contributed by atoms with Crippen molar-refractivity contribution < 1.29 is 23.5 Å². The van der Waals surface area contributed by atoms with E-state index in [2.05, 4.69) is 145 Å². The fourth-order valence-corrected chi connectivity index (χ4v) is 12.4. The summed E-state index contributed by atoms with van der Waals surface area (Å²) in [6, 6.07) is 79.0. The Morgan fingerprint density at radius 1 is 0.400 bits per heavy atom. The fourth-order valence-electron chi connectivity index (χ4n) is 11.2. The van der Waals surface area contributed by atoms with E-state index in [0.29, 0.717) is 16.0 Å². The Bertz CT molecular complexity index is 4710. The van der Waals surface area contributed by atoms with Crippen molar-refractivity contribution in [1.29, 1.82) is 0 Å². The first-order chi connectivity index (χ1) is 54.9. The third kappa shape index (κ3) is 35.6. The lowest BCUT2D eigenvalue weighted by Crippen LogP contribution is -2.47. The topological polar surface area (TPSA) is 133 Å². The van der Waals surface area contributed by atoms with Gasteiger partial charge in [-0.2, -0.15) is 0 Å². The molecule has 115 heavy (non-hydrogen) atoms. The highest BCUT2D eigenvalue weighted by molar-refractivity contribution is 6.42. The summed E-state index contributed by atoms with van der Waals surface area (Å²) in [5.41, 5.74) is 15.4. The quantitative estimate of drug-likeness (QED) is 0.101. The third-order valence-electron chi connectivity index (χ3n) is 18.5. The minimum Gasteiger partial charge on any atom is -0.478 e. The van der Waals surface area contributed by atoms with E-state index in [1.807, 2.05) is 145 Å². The van der Waals surface area contributed by atoms with Crippen molar-refractivity contribution in [2.45, 2.75) is 99.8 Å². The molecule has 11 nitrogen and oxygen atoms in total. The van der Waals surface area contributed by atoms with Crippen LogP contribution >= 0.6 is 81.2 Å². The van der Waals surface area contributed by atoms with E-state index < -0.39 is 5.97 Å². The summed E-state index contributed by atoms with van der Waals surface area (Å²) in [6.45, 7) is 23.0. The van der Waals surface area contributed by atoms with Crippen molar-refractivity contribution in [3.8, 4) is 0 Å². The normalized spacial score (nSPS) is 12.1. The van der Waals surface area contributed by atoms with Crippen molar-refractivity contribution in [1.82, 2.24) is 40.0 Å². The van der Waals surface area contributed by atoms with E-state index in [0.717, 1.165) is 135 Å². The van der Waals surface area contributed by atoms with Crippen LogP contribution in [0.3, 0.4) is 0 Å². The van der Waals surface area contributed by atoms with E-state index in [4.69, 9.17) is 86.3 Å². The van der Waals surface area contributed by atoms with Gasteiger partial charge in [-0.15, -0.1) is 0 Å². The lowest BCUT2D eigenvalue weighted by molar-refractivity contribution is 0.0662. The predicted molar refractivity (Wildman–Crippen MR) is 485 cm³/mol. The van der Waals surface area contributed by atoms with Gasteiger partial charge in [-0.3, -0.25) is 4.79 Å². The van der Waals surface area contributed by atoms with Crippen LogP contribution in [0, 0.1) is 11.6 Å². The van der Waals surface area contributed by atoms with Crippen molar-refractivity contribution in [3.05, 3.63) is 375 Å². The summed E-state index contributed by atoms with van der Waals surface area (Å²) in [5.74, 6) is -0.799. The van der Waals surface area contributed by atoms with Gasteiger partial charge < -0.3 is 35.1 Å². The highest BCUT2D eigenvalue weighted by atomic mass is 35.5. The molecule has 15 rings (SSSR count). The molecule has 4 N–H and O–H groups in total. The molecular formula is C95H107Cl7F2N8O3. The van der Waals surface area contributed by atoms with E-state index in [9.17, 15) is 18.4 Å². The lowest BCUT2D eigenvalue weighted by atomic mass is 9.93. The average molecular weight is 1700 g/mol. The minimum absolute atomic E-state index is 0. The number of carbonyl (C=O) groups excluding carboxylic acids is 1. The van der Waals surface area contributed by atoms with Crippen LogP contribution in [-0.2, 0) is 32.1 Å². The SMILES string of the molecule is C.CC(c1ccc(Cl)cc1)c1ccc(Cl)cc1.CC(c1ccc(F)cc1)c1ccc(F)cc1.CCc1ccc(Cl)c(Cl)c1.CCc1ccc(Cl)cc1.CCc1cccc(Cl)c1.CCc1ccccc1.CCc1ccccc1Cl.CN1CCN(C(=O)c2ccc3nc[nH]c3c2)CC1.CN1CCNCC1.O=C(O)c1ccc2nc[nH]c2c1. The molecule has 2 aliphatic rings. The van der Waals surface area contributed by atoms with Crippen LogP contribution in [0.15, 0.2) is 267 Å². The molecule has 0 aliphatic carbocycles. The van der Waals surface area contributed by atoms with E-state index in [1.165, 1.54) is 88.7 Å². The number of aryl methyl sites for hydroxylation is 5. The van der Waals surface area contributed by atoms with Gasteiger partial charge in [0, 0.05) is 94.9 Å². The van der Waals surface area contributed by atoms with Crippen LogP contribution in [0.1, 0.15) is 139 Å². The van der Waals surface area contributed by atoms with Crippen LogP contribution in [0.4, 0.5) is 8.78 Å². The molecule has 20 heteroatoms. The number of nitrogens with zero attached hydrogens (tertiary/aromatic N) is 5. The highest BCUT2D eigenvalue weighted by Crippen LogP contribution is 2.28. The molecule has 1 amide bonds. The molecule has 11 aromatic carbocycles.